The second-order valence-electron chi connectivity index (χ2n) is 4.28. The van der Waals surface area contributed by atoms with Gasteiger partial charge in [-0.1, -0.05) is 0 Å². The fourth-order valence-corrected chi connectivity index (χ4v) is 2.84. The molecule has 0 heterocycles. The largest absolute Gasteiger partial charge is 0.478 e. The van der Waals surface area contributed by atoms with Gasteiger partial charge in [0.15, 0.2) is 0 Å². The maximum absolute atomic E-state index is 13.6. The molecule has 0 radical (unpaired) electrons. The molecule has 0 aliphatic rings. The van der Waals surface area contributed by atoms with E-state index in [-0.39, 0.29) is 18.2 Å². The Morgan fingerprint density at radius 3 is 2.60 bits per heavy atom. The van der Waals surface area contributed by atoms with Gasteiger partial charge in [0, 0.05) is 19.2 Å². The van der Waals surface area contributed by atoms with Gasteiger partial charge >= 0.3 is 5.97 Å². The van der Waals surface area contributed by atoms with Crippen LogP contribution in [0.4, 0.5) is 4.39 Å². The zero-order valence-corrected chi connectivity index (χ0v) is 12.1. The molecule has 1 atom stereocenters. The Bertz CT molecular complexity index is 615. The van der Waals surface area contributed by atoms with E-state index in [2.05, 4.69) is 4.72 Å². The molecule has 0 bridgehead atoms. The normalized spacial score (nSPS) is 13.2. The Morgan fingerprint density at radius 1 is 1.50 bits per heavy atom. The Morgan fingerprint density at radius 2 is 2.10 bits per heavy atom. The highest BCUT2D eigenvalue weighted by molar-refractivity contribution is 7.89. The molecule has 1 unspecified atom stereocenters. The summed E-state index contributed by atoms with van der Waals surface area (Å²) in [4.78, 5) is 10.5. The Labute approximate surface area is 116 Å². The van der Waals surface area contributed by atoms with Crippen LogP contribution in [0.1, 0.15) is 22.8 Å². The highest BCUT2D eigenvalue weighted by atomic mass is 32.2. The monoisotopic (exact) mass is 305 g/mol. The van der Waals surface area contributed by atoms with Crippen molar-refractivity contribution >= 4 is 16.0 Å². The number of carboxylic acids is 1. The van der Waals surface area contributed by atoms with Crippen molar-refractivity contribution in [3.05, 3.63) is 29.1 Å². The zero-order valence-electron chi connectivity index (χ0n) is 11.3. The number of carbonyl (C=O) groups is 1. The Hall–Kier alpha value is -1.51. The van der Waals surface area contributed by atoms with Crippen LogP contribution < -0.4 is 4.72 Å². The van der Waals surface area contributed by atoms with E-state index in [1.807, 2.05) is 0 Å². The second kappa shape index (κ2) is 6.29. The second-order valence-corrected chi connectivity index (χ2v) is 6.02. The first-order valence-electron chi connectivity index (χ1n) is 5.75. The molecule has 112 valence electrons. The van der Waals surface area contributed by atoms with E-state index in [4.69, 9.17) is 9.84 Å². The summed E-state index contributed by atoms with van der Waals surface area (Å²) in [7, 11) is -2.58. The molecule has 2 N–H and O–H groups in total. The van der Waals surface area contributed by atoms with Gasteiger partial charge < -0.3 is 9.84 Å². The van der Waals surface area contributed by atoms with Gasteiger partial charge in [-0.25, -0.2) is 22.3 Å². The molecule has 0 spiro atoms. The number of halogens is 1. The first-order chi connectivity index (χ1) is 9.19. The Balaban J connectivity index is 3.20. The first-order valence-corrected chi connectivity index (χ1v) is 7.23. The van der Waals surface area contributed by atoms with Crippen molar-refractivity contribution in [2.45, 2.75) is 24.8 Å². The maximum Gasteiger partial charge on any atom is 0.335 e. The van der Waals surface area contributed by atoms with Gasteiger partial charge in [-0.3, -0.25) is 0 Å². The maximum atomic E-state index is 13.6. The molecule has 8 heteroatoms. The molecular weight excluding hydrogens is 289 g/mol. The molecule has 0 saturated carbocycles. The molecule has 0 saturated heterocycles. The van der Waals surface area contributed by atoms with Crippen molar-refractivity contribution < 1.29 is 27.4 Å². The van der Waals surface area contributed by atoms with Crippen LogP contribution in [0, 0.1) is 12.7 Å². The van der Waals surface area contributed by atoms with E-state index >= 15 is 0 Å². The minimum atomic E-state index is -4.01. The lowest BCUT2D eigenvalue weighted by molar-refractivity contribution is 0.0696. The van der Waals surface area contributed by atoms with Crippen molar-refractivity contribution in [1.29, 1.82) is 0 Å². The van der Waals surface area contributed by atoms with Gasteiger partial charge in [0.05, 0.1) is 16.6 Å². The summed E-state index contributed by atoms with van der Waals surface area (Å²) in [6.45, 7) is 2.93. The number of hydrogen-bond donors (Lipinski definition) is 2. The summed E-state index contributed by atoms with van der Waals surface area (Å²) < 4.78 is 44.9. The fraction of sp³-hybridized carbons (Fsp3) is 0.417. The van der Waals surface area contributed by atoms with Gasteiger partial charge in [0.1, 0.15) is 5.82 Å². The van der Waals surface area contributed by atoms with Crippen LogP contribution in [0.5, 0.6) is 0 Å². The molecule has 0 amide bonds. The number of nitrogens with one attached hydrogen (secondary N) is 1. The van der Waals surface area contributed by atoms with Gasteiger partial charge in [0.2, 0.25) is 10.0 Å². The van der Waals surface area contributed by atoms with Crippen LogP contribution in [0.3, 0.4) is 0 Å². The summed E-state index contributed by atoms with van der Waals surface area (Å²) in [6.07, 6.45) is -0.363. The number of ether oxygens (including phenoxy) is 1. The van der Waals surface area contributed by atoms with Gasteiger partial charge in [-0.05, 0) is 26.0 Å². The minimum Gasteiger partial charge on any atom is -0.478 e. The van der Waals surface area contributed by atoms with Crippen molar-refractivity contribution in [3.63, 3.8) is 0 Å². The first kappa shape index (κ1) is 16.5. The van der Waals surface area contributed by atoms with Crippen LogP contribution in [0.15, 0.2) is 17.0 Å². The number of methoxy groups -OCH3 is 1. The molecule has 1 rings (SSSR count). The van der Waals surface area contributed by atoms with Crippen LogP contribution >= 0.6 is 0 Å². The van der Waals surface area contributed by atoms with E-state index in [1.165, 1.54) is 14.0 Å². The number of benzene rings is 1. The third-order valence-corrected chi connectivity index (χ3v) is 4.35. The lowest BCUT2D eigenvalue weighted by atomic mass is 10.1. The van der Waals surface area contributed by atoms with Gasteiger partial charge in [-0.2, -0.15) is 0 Å². The van der Waals surface area contributed by atoms with Crippen molar-refractivity contribution in [2.75, 3.05) is 13.7 Å². The average molecular weight is 305 g/mol. The van der Waals surface area contributed by atoms with Crippen LogP contribution in [-0.4, -0.2) is 39.3 Å². The fourth-order valence-electron chi connectivity index (χ4n) is 1.44. The van der Waals surface area contributed by atoms with E-state index in [9.17, 15) is 17.6 Å². The third-order valence-electron chi connectivity index (χ3n) is 2.80. The number of rotatable bonds is 6. The summed E-state index contributed by atoms with van der Waals surface area (Å²) >= 11 is 0. The lowest BCUT2D eigenvalue weighted by Gasteiger charge is -2.13. The predicted molar refractivity (Wildman–Crippen MR) is 69.8 cm³/mol. The molecule has 20 heavy (non-hydrogen) atoms. The highest BCUT2D eigenvalue weighted by Crippen LogP contribution is 2.20. The SMILES string of the molecule is COC(C)CNS(=O)(=O)c1cc(C(=O)O)cc(F)c1C. The summed E-state index contributed by atoms with van der Waals surface area (Å²) in [5, 5.41) is 8.84. The molecule has 0 fully saturated rings. The Kier molecular flexibility index (Phi) is 5.21. The molecule has 6 nitrogen and oxygen atoms in total. The van der Waals surface area contributed by atoms with E-state index in [0.717, 1.165) is 12.1 Å². The molecule has 0 aliphatic heterocycles. The molecular formula is C12H16FNO5S. The standard InChI is InChI=1S/C12H16FNO5S/c1-7(19-3)6-14-20(17,18)11-5-9(12(15)16)4-10(13)8(11)2/h4-5,7,14H,6H2,1-3H3,(H,15,16). The minimum absolute atomic E-state index is 0.00279. The molecule has 1 aromatic rings. The number of aromatic carboxylic acids is 1. The summed E-state index contributed by atoms with van der Waals surface area (Å²) in [5.74, 6) is -2.28. The van der Waals surface area contributed by atoms with E-state index in [0.29, 0.717) is 0 Å². The van der Waals surface area contributed by atoms with E-state index < -0.39 is 32.3 Å². The smallest absolute Gasteiger partial charge is 0.335 e. The predicted octanol–water partition coefficient (Wildman–Crippen LogP) is 1.15. The number of sulfonamides is 1. The quantitative estimate of drug-likeness (QED) is 0.822. The van der Waals surface area contributed by atoms with Crippen molar-refractivity contribution in [2.24, 2.45) is 0 Å². The number of hydrogen-bond acceptors (Lipinski definition) is 4. The molecule has 0 aromatic heterocycles. The lowest BCUT2D eigenvalue weighted by Crippen LogP contribution is -2.32. The van der Waals surface area contributed by atoms with Crippen molar-refractivity contribution in [1.82, 2.24) is 4.72 Å². The summed E-state index contributed by atoms with van der Waals surface area (Å²) in [5.41, 5.74) is -0.555. The van der Waals surface area contributed by atoms with Crippen LogP contribution in [0.25, 0.3) is 0 Å². The van der Waals surface area contributed by atoms with E-state index in [1.54, 1.807) is 6.92 Å². The average Bonchev–Trinajstić information content (AvgIpc) is 2.38. The van der Waals surface area contributed by atoms with Crippen molar-refractivity contribution in [3.8, 4) is 0 Å². The molecule has 0 aliphatic carbocycles. The van der Waals surface area contributed by atoms with Crippen LogP contribution in [0.2, 0.25) is 0 Å². The zero-order chi connectivity index (χ0) is 15.5. The third kappa shape index (κ3) is 3.75. The van der Waals surface area contributed by atoms with Crippen LogP contribution in [-0.2, 0) is 14.8 Å². The highest BCUT2D eigenvalue weighted by Gasteiger charge is 2.22. The number of carboxylic acid groups (broad SMARTS) is 1. The van der Waals surface area contributed by atoms with Gasteiger partial charge in [0.25, 0.3) is 0 Å². The molecule has 1 aromatic carbocycles. The van der Waals surface area contributed by atoms with Gasteiger partial charge in [-0.15, -0.1) is 0 Å². The summed E-state index contributed by atoms with van der Waals surface area (Å²) in [6, 6.07) is 1.72. The topological polar surface area (TPSA) is 92.7 Å².